The Morgan fingerprint density at radius 3 is 2.83 bits per heavy atom. The number of carbonyl (C=O) groups is 2. The van der Waals surface area contributed by atoms with Crippen molar-refractivity contribution in [2.45, 2.75) is 38.7 Å². The van der Waals surface area contributed by atoms with Crippen molar-refractivity contribution >= 4 is 12.0 Å². The molecule has 3 N–H and O–H groups in total. The van der Waals surface area contributed by atoms with Crippen LogP contribution in [0.4, 0.5) is 4.79 Å². The lowest BCUT2D eigenvalue weighted by Gasteiger charge is -2.13. The first-order valence-electron chi connectivity index (χ1n) is 6.43. The highest BCUT2D eigenvalue weighted by Crippen LogP contribution is 2.14. The smallest absolute Gasteiger partial charge is 0.314 e. The molecule has 0 radical (unpaired) electrons. The quantitative estimate of drug-likeness (QED) is 0.635. The fourth-order valence-electron chi connectivity index (χ4n) is 1.92. The molecule has 6 nitrogen and oxygen atoms in total. The third-order valence-electron chi connectivity index (χ3n) is 2.91. The molecule has 0 aliphatic carbocycles. The number of urea groups is 1. The van der Waals surface area contributed by atoms with Gasteiger partial charge in [0, 0.05) is 26.1 Å². The zero-order valence-corrected chi connectivity index (χ0v) is 10.8. The Labute approximate surface area is 107 Å². The van der Waals surface area contributed by atoms with Gasteiger partial charge in [0.05, 0.1) is 6.10 Å². The Kier molecular flexibility index (Phi) is 6.49. The van der Waals surface area contributed by atoms with E-state index < -0.39 is 5.97 Å². The van der Waals surface area contributed by atoms with E-state index in [4.69, 9.17) is 9.84 Å². The van der Waals surface area contributed by atoms with E-state index in [-0.39, 0.29) is 24.5 Å². The van der Waals surface area contributed by atoms with Crippen LogP contribution in [0.1, 0.15) is 32.6 Å². The first-order valence-corrected chi connectivity index (χ1v) is 6.43. The second-order valence-corrected chi connectivity index (χ2v) is 4.76. The fourth-order valence-corrected chi connectivity index (χ4v) is 1.92. The van der Waals surface area contributed by atoms with Gasteiger partial charge in [0.2, 0.25) is 0 Å². The van der Waals surface area contributed by atoms with E-state index in [1.807, 2.05) is 0 Å². The van der Waals surface area contributed by atoms with Gasteiger partial charge in [0.15, 0.2) is 0 Å². The molecular weight excluding hydrogens is 236 g/mol. The predicted molar refractivity (Wildman–Crippen MR) is 66.4 cm³/mol. The zero-order valence-electron chi connectivity index (χ0n) is 10.8. The lowest BCUT2D eigenvalue weighted by atomic mass is 10.1. The summed E-state index contributed by atoms with van der Waals surface area (Å²) in [6.45, 7) is 3.58. The van der Waals surface area contributed by atoms with Crippen LogP contribution in [0.15, 0.2) is 0 Å². The molecule has 0 aromatic rings. The minimum Gasteiger partial charge on any atom is -0.481 e. The van der Waals surface area contributed by atoms with Crippen LogP contribution >= 0.6 is 0 Å². The molecule has 1 rings (SSSR count). The SMILES string of the molecule is CC(CNC(=O)NCCC1CCCO1)CC(=O)O. The van der Waals surface area contributed by atoms with Gasteiger partial charge in [-0.2, -0.15) is 0 Å². The highest BCUT2D eigenvalue weighted by atomic mass is 16.5. The molecule has 18 heavy (non-hydrogen) atoms. The van der Waals surface area contributed by atoms with Gasteiger partial charge in [-0.25, -0.2) is 4.79 Å². The average molecular weight is 258 g/mol. The van der Waals surface area contributed by atoms with Crippen LogP contribution in [0.3, 0.4) is 0 Å². The van der Waals surface area contributed by atoms with Crippen molar-refractivity contribution in [3.63, 3.8) is 0 Å². The molecule has 0 spiro atoms. The highest BCUT2D eigenvalue weighted by Gasteiger charge is 2.15. The Hall–Kier alpha value is -1.30. The maximum Gasteiger partial charge on any atom is 0.314 e. The van der Waals surface area contributed by atoms with Crippen LogP contribution in [0.5, 0.6) is 0 Å². The molecule has 1 heterocycles. The number of nitrogens with one attached hydrogen (secondary N) is 2. The van der Waals surface area contributed by atoms with Crippen LogP contribution in [-0.2, 0) is 9.53 Å². The van der Waals surface area contributed by atoms with Crippen molar-refractivity contribution in [2.75, 3.05) is 19.7 Å². The summed E-state index contributed by atoms with van der Waals surface area (Å²) in [5.74, 6) is -0.908. The van der Waals surface area contributed by atoms with E-state index in [9.17, 15) is 9.59 Å². The van der Waals surface area contributed by atoms with E-state index >= 15 is 0 Å². The van der Waals surface area contributed by atoms with Gasteiger partial charge in [0.1, 0.15) is 0 Å². The van der Waals surface area contributed by atoms with Crippen LogP contribution in [0.2, 0.25) is 0 Å². The second-order valence-electron chi connectivity index (χ2n) is 4.76. The minimum absolute atomic E-state index is 0.0635. The topological polar surface area (TPSA) is 87.7 Å². The number of ether oxygens (including phenoxy) is 1. The van der Waals surface area contributed by atoms with Crippen molar-refractivity contribution in [1.82, 2.24) is 10.6 Å². The van der Waals surface area contributed by atoms with Crippen LogP contribution in [0, 0.1) is 5.92 Å². The molecule has 2 amide bonds. The summed E-state index contributed by atoms with van der Waals surface area (Å²) in [5.41, 5.74) is 0. The van der Waals surface area contributed by atoms with Crippen molar-refractivity contribution in [3.05, 3.63) is 0 Å². The van der Waals surface area contributed by atoms with Gasteiger partial charge in [-0.05, 0) is 25.2 Å². The number of hydrogen-bond acceptors (Lipinski definition) is 3. The number of aliphatic carboxylic acids is 1. The third-order valence-corrected chi connectivity index (χ3v) is 2.91. The number of rotatable bonds is 7. The van der Waals surface area contributed by atoms with E-state index in [1.165, 1.54) is 0 Å². The van der Waals surface area contributed by atoms with Crippen LogP contribution < -0.4 is 10.6 Å². The molecule has 2 unspecified atom stereocenters. The number of hydrogen-bond donors (Lipinski definition) is 3. The van der Waals surface area contributed by atoms with E-state index in [0.29, 0.717) is 13.1 Å². The van der Waals surface area contributed by atoms with Crippen molar-refractivity contribution in [2.24, 2.45) is 5.92 Å². The Balaban J connectivity index is 2.01. The summed E-state index contributed by atoms with van der Waals surface area (Å²) in [6.07, 6.45) is 3.34. The fraction of sp³-hybridized carbons (Fsp3) is 0.833. The summed E-state index contributed by atoms with van der Waals surface area (Å²) < 4.78 is 5.44. The maximum atomic E-state index is 11.4. The lowest BCUT2D eigenvalue weighted by Crippen LogP contribution is -2.39. The zero-order chi connectivity index (χ0) is 13.4. The average Bonchev–Trinajstić information content (AvgIpc) is 2.78. The predicted octanol–water partition coefficient (Wildman–Crippen LogP) is 0.965. The van der Waals surface area contributed by atoms with E-state index in [1.54, 1.807) is 6.92 Å². The first-order chi connectivity index (χ1) is 8.58. The van der Waals surface area contributed by atoms with Gasteiger partial charge in [-0.3, -0.25) is 4.79 Å². The van der Waals surface area contributed by atoms with Crippen molar-refractivity contribution < 1.29 is 19.4 Å². The van der Waals surface area contributed by atoms with Gasteiger partial charge >= 0.3 is 12.0 Å². The lowest BCUT2D eigenvalue weighted by molar-refractivity contribution is -0.137. The molecule has 1 saturated heterocycles. The largest absolute Gasteiger partial charge is 0.481 e. The van der Waals surface area contributed by atoms with E-state index in [0.717, 1.165) is 25.9 Å². The molecule has 0 aromatic carbocycles. The van der Waals surface area contributed by atoms with Gasteiger partial charge in [-0.15, -0.1) is 0 Å². The minimum atomic E-state index is -0.844. The van der Waals surface area contributed by atoms with Crippen LogP contribution in [-0.4, -0.2) is 42.9 Å². The molecule has 104 valence electrons. The normalized spacial score (nSPS) is 20.4. The number of carbonyl (C=O) groups excluding carboxylic acids is 1. The Bertz CT molecular complexity index is 277. The Morgan fingerprint density at radius 2 is 2.22 bits per heavy atom. The first kappa shape index (κ1) is 14.8. The molecule has 2 atom stereocenters. The molecule has 6 heteroatoms. The summed E-state index contributed by atoms with van der Waals surface area (Å²) >= 11 is 0. The second kappa shape index (κ2) is 7.92. The van der Waals surface area contributed by atoms with Gasteiger partial charge in [0.25, 0.3) is 0 Å². The molecule has 1 aliphatic rings. The summed E-state index contributed by atoms with van der Waals surface area (Å²) in [5, 5.41) is 14.0. The number of amides is 2. The Morgan fingerprint density at radius 1 is 1.44 bits per heavy atom. The standard InChI is InChI=1S/C12H22N2O4/c1-9(7-11(15)16)8-14-12(17)13-5-4-10-3-2-6-18-10/h9-10H,2-8H2,1H3,(H,15,16)(H2,13,14,17). The monoisotopic (exact) mass is 258 g/mol. The van der Waals surface area contributed by atoms with Crippen molar-refractivity contribution in [1.29, 1.82) is 0 Å². The van der Waals surface area contributed by atoms with Crippen molar-refractivity contribution in [3.8, 4) is 0 Å². The summed E-state index contributed by atoms with van der Waals surface area (Å²) in [7, 11) is 0. The highest BCUT2D eigenvalue weighted by molar-refractivity contribution is 5.73. The van der Waals surface area contributed by atoms with Gasteiger partial charge in [-0.1, -0.05) is 6.92 Å². The molecule has 0 bridgehead atoms. The third kappa shape index (κ3) is 6.44. The maximum absolute atomic E-state index is 11.4. The van der Waals surface area contributed by atoms with E-state index in [2.05, 4.69) is 10.6 Å². The summed E-state index contributed by atoms with van der Waals surface area (Å²) in [4.78, 5) is 21.8. The summed E-state index contributed by atoms with van der Waals surface area (Å²) in [6, 6.07) is -0.245. The van der Waals surface area contributed by atoms with Crippen LogP contribution in [0.25, 0.3) is 0 Å². The molecule has 1 aliphatic heterocycles. The molecule has 1 fully saturated rings. The molecular formula is C12H22N2O4. The van der Waals surface area contributed by atoms with Gasteiger partial charge < -0.3 is 20.5 Å². The molecule has 0 aromatic heterocycles. The number of carboxylic acids is 1. The number of carboxylic acid groups (broad SMARTS) is 1. The molecule has 0 saturated carbocycles.